The lowest BCUT2D eigenvalue weighted by Gasteiger charge is -2.43. The fourth-order valence-electron chi connectivity index (χ4n) is 3.84. The lowest BCUT2D eigenvalue weighted by molar-refractivity contribution is -0.913. The predicted octanol–water partition coefficient (Wildman–Crippen LogP) is 1.75. The Morgan fingerprint density at radius 1 is 1.24 bits per heavy atom. The minimum atomic E-state index is 0.221. The second-order valence-electron chi connectivity index (χ2n) is 7.30. The van der Waals surface area contributed by atoms with Crippen LogP contribution in [0.15, 0.2) is 18.2 Å². The van der Waals surface area contributed by atoms with Gasteiger partial charge in [-0.25, -0.2) is 0 Å². The smallest absolute Gasteiger partial charge is 0.222 e. The first kappa shape index (κ1) is 19.6. The van der Waals surface area contributed by atoms with E-state index >= 15 is 0 Å². The van der Waals surface area contributed by atoms with Crippen LogP contribution in [0.4, 0.5) is 0 Å². The van der Waals surface area contributed by atoms with E-state index in [2.05, 4.69) is 25.8 Å². The molecule has 1 unspecified atom stereocenters. The molecule has 1 aliphatic rings. The molecule has 1 fully saturated rings. The third-order valence-electron chi connectivity index (χ3n) is 5.56. The van der Waals surface area contributed by atoms with Gasteiger partial charge in [-0.3, -0.25) is 4.79 Å². The Bertz CT molecular complexity index is 590. The third kappa shape index (κ3) is 4.46. The second kappa shape index (κ2) is 8.56. The van der Waals surface area contributed by atoms with E-state index in [0.717, 1.165) is 18.5 Å². The lowest BCUT2D eigenvalue weighted by atomic mass is 9.88. The highest BCUT2D eigenvalue weighted by Gasteiger charge is 2.37. The van der Waals surface area contributed by atoms with Crippen LogP contribution in [0.5, 0.6) is 11.5 Å². The zero-order valence-electron chi connectivity index (χ0n) is 16.5. The number of carbonyl (C=O) groups is 1. The topological polar surface area (TPSA) is 43.2 Å². The fraction of sp³-hybridized carbons (Fsp3) is 0.650. The molecule has 5 heteroatoms. The molecule has 0 saturated carbocycles. The molecule has 1 saturated heterocycles. The van der Waals surface area contributed by atoms with E-state index < -0.39 is 0 Å². The van der Waals surface area contributed by atoms with Gasteiger partial charge in [-0.15, -0.1) is 0 Å². The van der Waals surface area contributed by atoms with Gasteiger partial charge >= 0.3 is 0 Å². The van der Waals surface area contributed by atoms with Gasteiger partial charge in [-0.2, -0.15) is 0 Å². The number of rotatable bonds is 6. The average Bonchev–Trinajstić information content (AvgIpc) is 2.62. The number of benzene rings is 1. The van der Waals surface area contributed by atoms with E-state index in [1.54, 1.807) is 19.1 Å². The Morgan fingerprint density at radius 2 is 1.92 bits per heavy atom. The molecule has 5 nitrogen and oxygen atoms in total. The molecule has 1 heterocycles. The zero-order valence-corrected chi connectivity index (χ0v) is 16.5. The molecule has 0 spiro atoms. The Morgan fingerprint density at radius 3 is 2.52 bits per heavy atom. The van der Waals surface area contributed by atoms with Crippen LogP contribution in [0, 0.1) is 5.92 Å². The monoisotopic (exact) mass is 349 g/mol. The highest BCUT2D eigenvalue weighted by molar-refractivity contribution is 5.76. The van der Waals surface area contributed by atoms with E-state index in [0.29, 0.717) is 42.5 Å². The quantitative estimate of drug-likeness (QED) is 0.851. The van der Waals surface area contributed by atoms with Crippen molar-refractivity contribution >= 4 is 5.91 Å². The summed E-state index contributed by atoms with van der Waals surface area (Å²) in [4.78, 5) is 16.3. The average molecular weight is 349 g/mol. The Kier molecular flexibility index (Phi) is 6.71. The fourth-order valence-corrected chi connectivity index (χ4v) is 3.84. The lowest BCUT2D eigenvalue weighted by Crippen LogP contribution is -3.15. The molecule has 1 amide bonds. The van der Waals surface area contributed by atoms with E-state index in [1.165, 1.54) is 0 Å². The van der Waals surface area contributed by atoms with Crippen LogP contribution in [0.3, 0.4) is 0 Å². The Balaban J connectivity index is 2.25. The van der Waals surface area contributed by atoms with Crippen molar-refractivity contribution in [2.24, 2.45) is 5.92 Å². The number of ether oxygens (including phenoxy) is 2. The summed E-state index contributed by atoms with van der Waals surface area (Å²) in [6.45, 7) is 8.21. The molecule has 0 aromatic heterocycles. The first-order chi connectivity index (χ1) is 11.9. The minimum Gasteiger partial charge on any atom is -0.493 e. The number of likely N-dealkylation sites (tertiary alicyclic amines) is 1. The van der Waals surface area contributed by atoms with E-state index in [9.17, 15) is 4.79 Å². The molecule has 2 rings (SSSR count). The Hall–Kier alpha value is -1.75. The summed E-state index contributed by atoms with van der Waals surface area (Å²) in [6, 6.07) is 6.76. The molecular weight excluding hydrogens is 316 g/mol. The van der Waals surface area contributed by atoms with Gasteiger partial charge in [0.05, 0.1) is 33.9 Å². The van der Waals surface area contributed by atoms with Gasteiger partial charge in [0.2, 0.25) is 5.91 Å². The first-order valence-electron chi connectivity index (χ1n) is 9.23. The first-order valence-corrected chi connectivity index (χ1v) is 9.23. The van der Waals surface area contributed by atoms with Crippen molar-refractivity contribution in [3.8, 4) is 11.5 Å². The summed E-state index contributed by atoms with van der Waals surface area (Å²) in [6.07, 6.45) is 1.58. The largest absolute Gasteiger partial charge is 0.493 e. The van der Waals surface area contributed by atoms with Crippen molar-refractivity contribution in [3.63, 3.8) is 0 Å². The summed E-state index contributed by atoms with van der Waals surface area (Å²) < 4.78 is 10.7. The summed E-state index contributed by atoms with van der Waals surface area (Å²) in [5.41, 5.74) is 1.07. The second-order valence-corrected chi connectivity index (χ2v) is 7.30. The normalized spacial score (nSPS) is 26.2. The SMILES string of the molecule is CCC(=O)N(Cc1ccc(OC)c(OC)c1)[C@H]1C[C@@H](C)[NH+](C)C[C@@H]1C. The van der Waals surface area contributed by atoms with Gasteiger partial charge in [0.15, 0.2) is 11.5 Å². The molecule has 1 aliphatic heterocycles. The van der Waals surface area contributed by atoms with Crippen LogP contribution in [-0.4, -0.2) is 50.7 Å². The van der Waals surface area contributed by atoms with Gasteiger partial charge in [0.1, 0.15) is 0 Å². The molecule has 140 valence electrons. The van der Waals surface area contributed by atoms with Crippen LogP contribution in [-0.2, 0) is 11.3 Å². The number of piperidine rings is 1. The van der Waals surface area contributed by atoms with Gasteiger partial charge in [0.25, 0.3) is 0 Å². The molecule has 1 aromatic rings. The van der Waals surface area contributed by atoms with Gasteiger partial charge in [0, 0.05) is 31.3 Å². The van der Waals surface area contributed by atoms with Crippen LogP contribution >= 0.6 is 0 Å². The number of nitrogens with one attached hydrogen (secondary N) is 1. The molecule has 0 aliphatic carbocycles. The van der Waals surface area contributed by atoms with Crippen LogP contribution < -0.4 is 14.4 Å². The number of amides is 1. The molecule has 0 bridgehead atoms. The number of quaternary nitrogens is 1. The molecular formula is C20H33N2O3+. The van der Waals surface area contributed by atoms with Crippen molar-refractivity contribution in [2.45, 2.75) is 52.2 Å². The Labute approximate surface area is 151 Å². The maximum atomic E-state index is 12.7. The van der Waals surface area contributed by atoms with Crippen molar-refractivity contribution in [3.05, 3.63) is 23.8 Å². The number of hydrogen-bond donors (Lipinski definition) is 1. The summed E-state index contributed by atoms with van der Waals surface area (Å²) >= 11 is 0. The van der Waals surface area contributed by atoms with Crippen LogP contribution in [0.25, 0.3) is 0 Å². The molecule has 0 radical (unpaired) electrons. The maximum absolute atomic E-state index is 12.7. The van der Waals surface area contributed by atoms with Crippen molar-refractivity contribution < 1.29 is 19.2 Å². The summed E-state index contributed by atoms with van der Waals surface area (Å²) in [5.74, 6) is 2.13. The highest BCUT2D eigenvalue weighted by Crippen LogP contribution is 2.29. The maximum Gasteiger partial charge on any atom is 0.222 e. The van der Waals surface area contributed by atoms with Crippen LogP contribution in [0.2, 0.25) is 0 Å². The summed E-state index contributed by atoms with van der Waals surface area (Å²) in [5, 5.41) is 0. The number of carbonyl (C=O) groups excluding carboxylic acids is 1. The van der Waals surface area contributed by atoms with Gasteiger partial charge in [-0.1, -0.05) is 19.9 Å². The molecule has 25 heavy (non-hydrogen) atoms. The number of nitrogens with zero attached hydrogens (tertiary/aromatic N) is 1. The van der Waals surface area contributed by atoms with E-state index in [4.69, 9.17) is 9.47 Å². The summed E-state index contributed by atoms with van der Waals surface area (Å²) in [7, 11) is 5.52. The van der Waals surface area contributed by atoms with Crippen LogP contribution in [0.1, 0.15) is 39.2 Å². The molecule has 1 N–H and O–H groups in total. The molecule has 4 atom stereocenters. The van der Waals surface area contributed by atoms with Crippen molar-refractivity contribution in [1.29, 1.82) is 0 Å². The standard InChI is InChI=1S/C20H32N2O3/c1-7-20(23)22(17-10-15(3)21(4)12-14(17)2)13-16-8-9-18(24-5)19(11-16)25-6/h8-9,11,14-15,17H,7,10,12-13H2,1-6H3/p+1/t14-,15+,17-/m0/s1. The highest BCUT2D eigenvalue weighted by atomic mass is 16.5. The van der Waals surface area contributed by atoms with Crippen molar-refractivity contribution in [1.82, 2.24) is 4.90 Å². The number of methoxy groups -OCH3 is 2. The minimum absolute atomic E-state index is 0.221. The number of hydrogen-bond acceptors (Lipinski definition) is 3. The predicted molar refractivity (Wildman–Crippen MR) is 99.2 cm³/mol. The van der Waals surface area contributed by atoms with E-state index in [1.807, 2.05) is 25.1 Å². The zero-order chi connectivity index (χ0) is 18.6. The van der Waals surface area contributed by atoms with Gasteiger partial charge in [-0.05, 0) is 24.6 Å². The van der Waals surface area contributed by atoms with E-state index in [-0.39, 0.29) is 5.91 Å². The van der Waals surface area contributed by atoms with Crippen molar-refractivity contribution in [2.75, 3.05) is 27.8 Å². The third-order valence-corrected chi connectivity index (χ3v) is 5.56. The van der Waals surface area contributed by atoms with Gasteiger partial charge < -0.3 is 19.3 Å². The molecule has 1 aromatic carbocycles.